The molecule has 0 aromatic carbocycles. The largest absolute Gasteiger partial charge is 0.300 e. The van der Waals surface area contributed by atoms with E-state index in [2.05, 4.69) is 18.7 Å². The van der Waals surface area contributed by atoms with Crippen LogP contribution < -0.4 is 0 Å². The topological polar surface area (TPSA) is 40.6 Å². The minimum atomic E-state index is -2.99. The van der Waals surface area contributed by atoms with Gasteiger partial charge in [0.25, 0.3) is 0 Å². The molecule has 0 spiro atoms. The van der Waals surface area contributed by atoms with Crippen LogP contribution in [0.25, 0.3) is 0 Å². The number of hydrogen-bond donors (Lipinski definition) is 0. The van der Waals surface area contributed by atoms with Gasteiger partial charge in [0.05, 0.1) is 6.26 Å². The Morgan fingerprint density at radius 3 is 2.21 bits per heavy atom. The van der Waals surface area contributed by atoms with E-state index in [0.29, 0.717) is 19.1 Å². The van der Waals surface area contributed by atoms with Crippen LogP contribution in [0.3, 0.4) is 0 Å². The number of rotatable bonds is 2. The summed E-state index contributed by atoms with van der Waals surface area (Å²) in [6.45, 7) is 7.46. The van der Waals surface area contributed by atoms with Gasteiger partial charge in [-0.25, -0.2) is 12.7 Å². The van der Waals surface area contributed by atoms with Crippen LogP contribution in [0.2, 0.25) is 0 Å². The van der Waals surface area contributed by atoms with Crippen LogP contribution in [0.15, 0.2) is 0 Å². The Bertz CT molecular complexity index is 275. The van der Waals surface area contributed by atoms with Crippen molar-refractivity contribution in [1.82, 2.24) is 9.21 Å². The highest BCUT2D eigenvalue weighted by Gasteiger charge is 2.21. The molecule has 0 aliphatic carbocycles. The van der Waals surface area contributed by atoms with Crippen molar-refractivity contribution in [3.63, 3.8) is 0 Å². The van der Waals surface area contributed by atoms with Gasteiger partial charge in [0.1, 0.15) is 0 Å². The standard InChI is InChI=1S/C9H20N2O2S/c1-9(2)10-5-4-6-11(8-7-10)14(3,12)13/h9H,4-8H2,1-3H3. The van der Waals surface area contributed by atoms with E-state index in [-0.39, 0.29) is 0 Å². The quantitative estimate of drug-likeness (QED) is 0.675. The summed E-state index contributed by atoms with van der Waals surface area (Å²) >= 11 is 0. The highest BCUT2D eigenvalue weighted by atomic mass is 32.2. The SMILES string of the molecule is CC(C)N1CCCN(S(C)(=O)=O)CC1. The van der Waals surface area contributed by atoms with Gasteiger partial charge in [0, 0.05) is 25.7 Å². The molecule has 1 aliphatic rings. The minimum Gasteiger partial charge on any atom is -0.300 e. The van der Waals surface area contributed by atoms with Crippen LogP contribution in [0.5, 0.6) is 0 Å². The van der Waals surface area contributed by atoms with Gasteiger partial charge in [-0.15, -0.1) is 0 Å². The van der Waals surface area contributed by atoms with Crippen molar-refractivity contribution in [2.45, 2.75) is 26.3 Å². The maximum Gasteiger partial charge on any atom is 0.211 e. The zero-order chi connectivity index (χ0) is 10.8. The van der Waals surface area contributed by atoms with Gasteiger partial charge in [0.2, 0.25) is 10.0 Å². The first-order chi connectivity index (χ1) is 6.41. The van der Waals surface area contributed by atoms with Crippen molar-refractivity contribution in [2.24, 2.45) is 0 Å². The summed E-state index contributed by atoms with van der Waals surface area (Å²) in [5.74, 6) is 0. The third kappa shape index (κ3) is 3.22. The molecule has 0 N–H and O–H groups in total. The first-order valence-electron chi connectivity index (χ1n) is 5.10. The van der Waals surface area contributed by atoms with Gasteiger partial charge in [-0.1, -0.05) is 0 Å². The zero-order valence-corrected chi connectivity index (χ0v) is 10.0. The minimum absolute atomic E-state index is 0.509. The molecular weight excluding hydrogens is 200 g/mol. The summed E-state index contributed by atoms with van der Waals surface area (Å²) in [5.41, 5.74) is 0. The average Bonchev–Trinajstić information content (AvgIpc) is 2.26. The molecule has 1 rings (SSSR count). The van der Waals surface area contributed by atoms with Gasteiger partial charge < -0.3 is 0 Å². The Morgan fingerprint density at radius 2 is 1.71 bits per heavy atom. The van der Waals surface area contributed by atoms with Crippen molar-refractivity contribution < 1.29 is 8.42 Å². The van der Waals surface area contributed by atoms with Gasteiger partial charge in [0.15, 0.2) is 0 Å². The third-order valence-electron chi connectivity index (χ3n) is 2.69. The molecule has 1 aliphatic heterocycles. The smallest absolute Gasteiger partial charge is 0.211 e. The fraction of sp³-hybridized carbons (Fsp3) is 1.00. The molecular formula is C9H20N2O2S. The molecule has 0 bridgehead atoms. The van der Waals surface area contributed by atoms with E-state index >= 15 is 0 Å². The Balaban J connectivity index is 2.58. The Kier molecular flexibility index (Phi) is 3.92. The van der Waals surface area contributed by atoms with Crippen LogP contribution in [-0.2, 0) is 10.0 Å². The Labute approximate surface area is 86.9 Å². The number of sulfonamides is 1. The molecule has 0 atom stereocenters. The average molecular weight is 220 g/mol. The van der Waals surface area contributed by atoms with Crippen LogP contribution in [0.1, 0.15) is 20.3 Å². The maximum absolute atomic E-state index is 11.3. The van der Waals surface area contributed by atoms with Gasteiger partial charge in [-0.05, 0) is 26.8 Å². The summed E-state index contributed by atoms with van der Waals surface area (Å²) in [4.78, 5) is 2.32. The molecule has 1 saturated heterocycles. The van der Waals surface area contributed by atoms with Gasteiger partial charge in [-0.3, -0.25) is 4.90 Å². The van der Waals surface area contributed by atoms with Gasteiger partial charge >= 0.3 is 0 Å². The molecule has 0 unspecified atom stereocenters. The number of nitrogens with zero attached hydrogens (tertiary/aromatic N) is 2. The lowest BCUT2D eigenvalue weighted by molar-refractivity contribution is 0.233. The summed E-state index contributed by atoms with van der Waals surface area (Å²) in [6.07, 6.45) is 2.23. The Morgan fingerprint density at radius 1 is 1.07 bits per heavy atom. The highest BCUT2D eigenvalue weighted by molar-refractivity contribution is 7.88. The Hall–Kier alpha value is -0.130. The van der Waals surface area contributed by atoms with E-state index in [1.54, 1.807) is 4.31 Å². The molecule has 0 amide bonds. The van der Waals surface area contributed by atoms with Crippen LogP contribution in [0, 0.1) is 0 Å². The number of hydrogen-bond acceptors (Lipinski definition) is 3. The van der Waals surface area contributed by atoms with Crippen LogP contribution in [-0.4, -0.2) is 56.1 Å². The molecule has 0 aromatic rings. The van der Waals surface area contributed by atoms with Crippen molar-refractivity contribution in [2.75, 3.05) is 32.4 Å². The van der Waals surface area contributed by atoms with E-state index in [9.17, 15) is 8.42 Å². The van der Waals surface area contributed by atoms with E-state index in [0.717, 1.165) is 19.5 Å². The fourth-order valence-corrected chi connectivity index (χ4v) is 2.64. The van der Waals surface area contributed by atoms with Crippen molar-refractivity contribution in [3.8, 4) is 0 Å². The molecule has 1 fully saturated rings. The molecule has 84 valence electrons. The van der Waals surface area contributed by atoms with E-state index in [1.165, 1.54) is 6.26 Å². The summed E-state index contributed by atoms with van der Waals surface area (Å²) in [7, 11) is -2.99. The molecule has 5 heteroatoms. The second-order valence-corrected chi connectivity index (χ2v) is 6.13. The van der Waals surface area contributed by atoms with E-state index in [4.69, 9.17) is 0 Å². The summed E-state index contributed by atoms with van der Waals surface area (Å²) < 4.78 is 24.2. The summed E-state index contributed by atoms with van der Waals surface area (Å²) in [6, 6.07) is 0.509. The highest BCUT2D eigenvalue weighted by Crippen LogP contribution is 2.08. The predicted octanol–water partition coefficient (Wildman–Crippen LogP) is 0.362. The van der Waals surface area contributed by atoms with E-state index < -0.39 is 10.0 Å². The van der Waals surface area contributed by atoms with Crippen molar-refractivity contribution in [1.29, 1.82) is 0 Å². The molecule has 0 saturated carbocycles. The van der Waals surface area contributed by atoms with Crippen LogP contribution >= 0.6 is 0 Å². The lowest BCUT2D eigenvalue weighted by atomic mass is 10.3. The van der Waals surface area contributed by atoms with Crippen molar-refractivity contribution >= 4 is 10.0 Å². The molecule has 0 aromatic heterocycles. The third-order valence-corrected chi connectivity index (χ3v) is 3.99. The molecule has 1 heterocycles. The normalized spacial score (nSPS) is 22.6. The molecule has 0 radical (unpaired) electrons. The maximum atomic E-state index is 11.3. The lowest BCUT2D eigenvalue weighted by Crippen LogP contribution is -2.36. The second-order valence-electron chi connectivity index (χ2n) is 4.15. The van der Waals surface area contributed by atoms with Crippen LogP contribution in [0.4, 0.5) is 0 Å². The molecule has 4 nitrogen and oxygen atoms in total. The zero-order valence-electron chi connectivity index (χ0n) is 9.23. The fourth-order valence-electron chi connectivity index (χ4n) is 1.76. The lowest BCUT2D eigenvalue weighted by Gasteiger charge is -2.24. The van der Waals surface area contributed by atoms with Crippen molar-refractivity contribution in [3.05, 3.63) is 0 Å². The summed E-state index contributed by atoms with van der Waals surface area (Å²) in [5, 5.41) is 0. The molecule has 14 heavy (non-hydrogen) atoms. The second kappa shape index (κ2) is 4.59. The van der Waals surface area contributed by atoms with E-state index in [1.807, 2.05) is 0 Å². The monoisotopic (exact) mass is 220 g/mol. The first kappa shape index (κ1) is 11.9. The predicted molar refractivity (Wildman–Crippen MR) is 57.7 cm³/mol. The first-order valence-corrected chi connectivity index (χ1v) is 6.95. The van der Waals surface area contributed by atoms with Gasteiger partial charge in [-0.2, -0.15) is 0 Å².